The third-order valence-electron chi connectivity index (χ3n) is 7.69. The zero-order valence-electron chi connectivity index (χ0n) is 16.4. The molecule has 6 atom stereocenters. The van der Waals surface area contributed by atoms with Crippen LogP contribution in [0.3, 0.4) is 0 Å². The number of benzene rings is 2. The summed E-state index contributed by atoms with van der Waals surface area (Å²) in [5.41, 5.74) is 1.57. The maximum absolute atomic E-state index is 13.6. The van der Waals surface area contributed by atoms with Crippen LogP contribution in [0.5, 0.6) is 11.5 Å². The van der Waals surface area contributed by atoms with Crippen molar-refractivity contribution in [3.05, 3.63) is 53.6 Å². The average molecular weight is 411 g/mol. The zero-order valence-corrected chi connectivity index (χ0v) is 17.2. The molecule has 0 saturated heterocycles. The van der Waals surface area contributed by atoms with Crippen LogP contribution in [-0.4, -0.2) is 32.5 Å². The van der Waals surface area contributed by atoms with Crippen molar-refractivity contribution in [3.63, 3.8) is 0 Å². The van der Waals surface area contributed by atoms with Crippen LogP contribution in [0.1, 0.15) is 54.4 Å². The molecule has 29 heavy (non-hydrogen) atoms. The van der Waals surface area contributed by atoms with E-state index in [1.807, 2.05) is 18.2 Å². The first-order valence-electron chi connectivity index (χ1n) is 10.4. The fourth-order valence-corrected chi connectivity index (χ4v) is 7.52. The maximum atomic E-state index is 13.6. The molecule has 0 aromatic heterocycles. The first-order valence-corrected chi connectivity index (χ1v) is 11.3. The topological polar surface area (TPSA) is 77.8 Å². The molecule has 4 nitrogen and oxygen atoms in total. The van der Waals surface area contributed by atoms with E-state index in [1.54, 1.807) is 36.0 Å². The van der Waals surface area contributed by atoms with Crippen LogP contribution in [0.2, 0.25) is 0 Å². The lowest BCUT2D eigenvalue weighted by Gasteiger charge is -2.52. The average Bonchev–Trinajstić information content (AvgIpc) is 3.01. The van der Waals surface area contributed by atoms with E-state index in [9.17, 15) is 20.1 Å². The number of rotatable bonds is 2. The van der Waals surface area contributed by atoms with E-state index in [0.29, 0.717) is 11.5 Å². The number of aliphatic hydroxyl groups is 1. The Morgan fingerprint density at radius 3 is 2.48 bits per heavy atom. The molecule has 0 spiro atoms. The first-order chi connectivity index (χ1) is 13.9. The molecule has 0 aliphatic heterocycles. The van der Waals surface area contributed by atoms with E-state index in [1.165, 1.54) is 0 Å². The summed E-state index contributed by atoms with van der Waals surface area (Å²) < 4.78 is 0. The van der Waals surface area contributed by atoms with E-state index >= 15 is 0 Å². The number of phenolic OH excluding ortho intramolecular Hbond substituents is 2. The van der Waals surface area contributed by atoms with E-state index in [4.69, 9.17) is 0 Å². The molecule has 2 unspecified atom stereocenters. The summed E-state index contributed by atoms with van der Waals surface area (Å²) >= 11 is 1.56. The summed E-state index contributed by atoms with van der Waals surface area (Å²) in [5.74, 6) is 1.13. The van der Waals surface area contributed by atoms with Crippen LogP contribution in [0, 0.1) is 17.3 Å². The number of hydrogen-bond acceptors (Lipinski definition) is 5. The molecule has 152 valence electrons. The predicted molar refractivity (Wildman–Crippen MR) is 112 cm³/mol. The van der Waals surface area contributed by atoms with Gasteiger partial charge in [-0.15, -0.1) is 11.8 Å². The van der Waals surface area contributed by atoms with Gasteiger partial charge in [0, 0.05) is 10.5 Å². The van der Waals surface area contributed by atoms with Crippen molar-refractivity contribution in [2.45, 2.75) is 54.8 Å². The normalized spacial score (nSPS) is 35.7. The molecule has 2 saturated carbocycles. The number of Topliss-reactive ketones (excluding diaryl/α,β-unsaturated/α-hetero) is 1. The zero-order chi connectivity index (χ0) is 20.3. The lowest BCUT2D eigenvalue weighted by atomic mass is 9.55. The van der Waals surface area contributed by atoms with E-state index in [2.05, 4.69) is 6.92 Å². The van der Waals surface area contributed by atoms with Crippen LogP contribution < -0.4 is 0 Å². The first kappa shape index (κ1) is 19.0. The van der Waals surface area contributed by atoms with Gasteiger partial charge in [-0.1, -0.05) is 13.0 Å². The SMILES string of the molecule is C[C@]12CC[C@@H]3c4ccc(O)cc4C(=O)C(Sc4ccc(O)cc4)[C@H]3[C@@H]1CCC2O. The van der Waals surface area contributed by atoms with Crippen LogP contribution in [0.4, 0.5) is 0 Å². The van der Waals surface area contributed by atoms with Crippen LogP contribution >= 0.6 is 11.8 Å². The molecule has 3 N–H and O–H groups in total. The van der Waals surface area contributed by atoms with Gasteiger partial charge in [0.2, 0.25) is 0 Å². The second-order valence-electron chi connectivity index (χ2n) is 9.10. The molecule has 5 heteroatoms. The molecule has 5 rings (SSSR count). The maximum Gasteiger partial charge on any atom is 0.176 e. The fraction of sp³-hybridized carbons (Fsp3) is 0.458. The number of hydrogen-bond donors (Lipinski definition) is 3. The molecular weight excluding hydrogens is 384 g/mol. The minimum atomic E-state index is -0.302. The van der Waals surface area contributed by atoms with Crippen molar-refractivity contribution >= 4 is 17.5 Å². The molecule has 0 radical (unpaired) electrons. The molecule has 2 aromatic rings. The van der Waals surface area contributed by atoms with Gasteiger partial charge in [-0.05, 0) is 90.8 Å². The highest BCUT2D eigenvalue weighted by Gasteiger charge is 2.58. The Morgan fingerprint density at radius 1 is 1.00 bits per heavy atom. The monoisotopic (exact) mass is 410 g/mol. The number of aromatic hydroxyl groups is 2. The van der Waals surface area contributed by atoms with Crippen LogP contribution in [0.25, 0.3) is 0 Å². The Bertz CT molecular complexity index is 956. The Labute approximate surface area is 175 Å². The number of aliphatic hydroxyl groups excluding tert-OH is 1. The highest BCUT2D eigenvalue weighted by atomic mass is 32.2. The van der Waals surface area contributed by atoms with Gasteiger partial charge in [-0.3, -0.25) is 4.79 Å². The quantitative estimate of drug-likeness (QED) is 0.667. The van der Waals surface area contributed by atoms with Crippen molar-refractivity contribution in [1.29, 1.82) is 0 Å². The van der Waals surface area contributed by atoms with Crippen molar-refractivity contribution < 1.29 is 20.1 Å². The van der Waals surface area contributed by atoms with Gasteiger partial charge >= 0.3 is 0 Å². The number of carbonyl (C=O) groups excluding carboxylic acids is 1. The molecule has 3 aliphatic rings. The molecule has 3 aliphatic carbocycles. The highest BCUT2D eigenvalue weighted by molar-refractivity contribution is 8.00. The third kappa shape index (κ3) is 2.89. The molecule has 2 aromatic carbocycles. The van der Waals surface area contributed by atoms with Gasteiger partial charge in [-0.2, -0.15) is 0 Å². The molecule has 0 heterocycles. The Balaban J connectivity index is 1.61. The predicted octanol–water partition coefficient (Wildman–Crippen LogP) is 4.73. The summed E-state index contributed by atoms with van der Waals surface area (Å²) in [6.45, 7) is 2.20. The van der Waals surface area contributed by atoms with Crippen molar-refractivity contribution in [1.82, 2.24) is 0 Å². The Hall–Kier alpha value is -1.98. The van der Waals surface area contributed by atoms with Crippen LogP contribution in [0.15, 0.2) is 47.4 Å². The number of ketones is 1. The lowest BCUT2D eigenvalue weighted by Crippen LogP contribution is -2.50. The van der Waals surface area contributed by atoms with E-state index in [0.717, 1.165) is 36.1 Å². The third-order valence-corrected chi connectivity index (χ3v) is 9.02. The van der Waals surface area contributed by atoms with Crippen molar-refractivity contribution in [3.8, 4) is 11.5 Å². The highest BCUT2D eigenvalue weighted by Crippen LogP contribution is 2.62. The molecule has 0 bridgehead atoms. The minimum Gasteiger partial charge on any atom is -0.508 e. The molecular formula is C24H26O4S. The minimum absolute atomic E-state index is 0.0702. The molecule has 2 fully saturated rings. The van der Waals surface area contributed by atoms with Gasteiger partial charge in [-0.25, -0.2) is 0 Å². The van der Waals surface area contributed by atoms with Gasteiger partial charge in [0.1, 0.15) is 11.5 Å². The number of thioether (sulfide) groups is 1. The smallest absolute Gasteiger partial charge is 0.176 e. The lowest BCUT2D eigenvalue weighted by molar-refractivity contribution is -0.0193. The van der Waals surface area contributed by atoms with Gasteiger partial charge in [0.25, 0.3) is 0 Å². The Morgan fingerprint density at radius 2 is 1.72 bits per heavy atom. The number of phenols is 2. The fourth-order valence-electron chi connectivity index (χ4n) is 6.16. The summed E-state index contributed by atoms with van der Waals surface area (Å²) in [5, 5.41) is 30.1. The summed E-state index contributed by atoms with van der Waals surface area (Å²) in [7, 11) is 0. The standard InChI is InChI=1S/C24H26O4S/c1-24-11-10-17-16-7-4-14(26)12-18(16)22(28)23(21(17)19(24)8-9-20(24)27)29-15-5-2-13(25)3-6-15/h2-7,12,17,19-21,23,25-27H,8-11H2,1H3/t17-,19+,20?,21-,23?,24+/m1/s1. The second-order valence-corrected chi connectivity index (χ2v) is 10.3. The summed E-state index contributed by atoms with van der Waals surface area (Å²) in [4.78, 5) is 14.6. The number of carbonyl (C=O) groups is 1. The van der Waals surface area contributed by atoms with Gasteiger partial charge in [0.15, 0.2) is 5.78 Å². The van der Waals surface area contributed by atoms with Crippen molar-refractivity contribution in [2.24, 2.45) is 17.3 Å². The van der Waals surface area contributed by atoms with E-state index in [-0.39, 0.29) is 45.9 Å². The Kier molecular flexibility index (Phi) is 4.44. The van der Waals surface area contributed by atoms with Gasteiger partial charge < -0.3 is 15.3 Å². The largest absolute Gasteiger partial charge is 0.508 e. The summed E-state index contributed by atoms with van der Waals surface area (Å²) in [6.07, 6.45) is 3.37. The second kappa shape index (κ2) is 6.78. The van der Waals surface area contributed by atoms with Gasteiger partial charge in [0.05, 0.1) is 11.4 Å². The molecule has 0 amide bonds. The number of fused-ring (bicyclic) bond motifs is 5. The van der Waals surface area contributed by atoms with Crippen molar-refractivity contribution in [2.75, 3.05) is 0 Å². The summed E-state index contributed by atoms with van der Waals surface area (Å²) in [6, 6.07) is 12.2. The van der Waals surface area contributed by atoms with Crippen LogP contribution in [-0.2, 0) is 0 Å². The van der Waals surface area contributed by atoms with E-state index < -0.39 is 0 Å².